The molecule has 0 N–H and O–H groups in total. The Morgan fingerprint density at radius 2 is 1.90 bits per heavy atom. The molecule has 3 rings (SSSR count). The zero-order chi connectivity index (χ0) is 13.8. The van der Waals surface area contributed by atoms with Crippen LogP contribution < -0.4 is 0 Å². The minimum Gasteiger partial charge on any atom is -0.259 e. The van der Waals surface area contributed by atoms with E-state index in [1.54, 1.807) is 6.20 Å². The van der Waals surface area contributed by atoms with E-state index in [0.29, 0.717) is 11.0 Å². The zero-order valence-electron chi connectivity index (χ0n) is 11.6. The summed E-state index contributed by atoms with van der Waals surface area (Å²) in [5.74, 6) is 0.685. The van der Waals surface area contributed by atoms with Crippen LogP contribution in [0, 0.1) is 0 Å². The van der Waals surface area contributed by atoms with Gasteiger partial charge in [0.2, 0.25) is 0 Å². The molecule has 1 heterocycles. The first-order valence-corrected chi connectivity index (χ1v) is 8.67. The maximum Gasteiger partial charge on any atom is 0.0645 e. The lowest BCUT2D eigenvalue weighted by molar-refractivity contribution is 0.504. The van der Waals surface area contributed by atoms with Gasteiger partial charge in [0.1, 0.15) is 0 Å². The van der Waals surface area contributed by atoms with Gasteiger partial charge in [0.05, 0.1) is 5.69 Å². The minimum absolute atomic E-state index is 0.412. The van der Waals surface area contributed by atoms with Crippen LogP contribution in [-0.4, -0.2) is 19.2 Å². The number of rotatable bonds is 4. The summed E-state index contributed by atoms with van der Waals surface area (Å²) in [5, 5.41) is 4.62. The molecule has 0 bridgehead atoms. The number of aromatic nitrogens is 2. The van der Waals surface area contributed by atoms with Crippen LogP contribution in [0.3, 0.4) is 0 Å². The summed E-state index contributed by atoms with van der Waals surface area (Å²) in [6.07, 6.45) is 9.77. The second kappa shape index (κ2) is 6.35. The lowest BCUT2D eigenvalue weighted by atomic mass is 10.0. The molecule has 1 aliphatic carbocycles. The molecule has 3 nitrogen and oxygen atoms in total. The first-order valence-electron chi connectivity index (χ1n) is 7.29. The summed E-state index contributed by atoms with van der Waals surface area (Å²) >= 11 is 0. The molecule has 0 radical (unpaired) electrons. The van der Waals surface area contributed by atoms with E-state index in [1.165, 1.54) is 19.3 Å². The third kappa shape index (κ3) is 3.18. The summed E-state index contributed by atoms with van der Waals surface area (Å²) in [6.45, 7) is 0. The second-order valence-corrected chi connectivity index (χ2v) is 7.12. The van der Waals surface area contributed by atoms with Crippen LogP contribution in [-0.2, 0) is 16.6 Å². The van der Waals surface area contributed by atoms with E-state index >= 15 is 0 Å². The normalized spacial score (nSPS) is 18.0. The molecule has 1 aromatic carbocycles. The highest BCUT2D eigenvalue weighted by molar-refractivity contribution is 7.84. The molecule has 4 heteroatoms. The van der Waals surface area contributed by atoms with Gasteiger partial charge in [-0.1, -0.05) is 31.4 Å². The lowest BCUT2D eigenvalue weighted by Gasteiger charge is -2.20. The van der Waals surface area contributed by atoms with Gasteiger partial charge in [-0.25, -0.2) is 4.68 Å². The van der Waals surface area contributed by atoms with E-state index in [4.69, 9.17) is 0 Å². The Labute approximate surface area is 122 Å². The maximum absolute atomic E-state index is 12.4. The zero-order valence-corrected chi connectivity index (χ0v) is 12.4. The van der Waals surface area contributed by atoms with Gasteiger partial charge < -0.3 is 0 Å². The van der Waals surface area contributed by atoms with Gasteiger partial charge >= 0.3 is 0 Å². The Bertz CT molecular complexity index is 557. The van der Waals surface area contributed by atoms with Crippen LogP contribution in [0.15, 0.2) is 42.7 Å². The highest BCUT2D eigenvalue weighted by atomic mass is 32.2. The third-order valence-corrected chi connectivity index (χ3v) is 5.77. The van der Waals surface area contributed by atoms with Gasteiger partial charge in [0, 0.05) is 34.2 Å². The molecule has 106 valence electrons. The van der Waals surface area contributed by atoms with E-state index in [2.05, 4.69) is 17.2 Å². The van der Waals surface area contributed by atoms with Crippen LogP contribution in [0.2, 0.25) is 0 Å². The van der Waals surface area contributed by atoms with Crippen molar-refractivity contribution in [3.63, 3.8) is 0 Å². The van der Waals surface area contributed by atoms with Crippen LogP contribution >= 0.6 is 0 Å². The monoisotopic (exact) mass is 288 g/mol. The Balaban J connectivity index is 1.64. The number of benzene rings is 1. The maximum atomic E-state index is 12.4. The minimum atomic E-state index is -0.723. The molecular weight excluding hydrogens is 268 g/mol. The Hall–Kier alpha value is -1.42. The van der Waals surface area contributed by atoms with Crippen molar-refractivity contribution in [3.05, 3.63) is 48.3 Å². The average Bonchev–Trinajstić information content (AvgIpc) is 3.03. The van der Waals surface area contributed by atoms with Gasteiger partial charge in [-0.2, -0.15) is 5.10 Å². The van der Waals surface area contributed by atoms with E-state index in [1.807, 2.05) is 29.1 Å². The van der Waals surface area contributed by atoms with Crippen molar-refractivity contribution in [2.24, 2.45) is 0 Å². The SMILES string of the molecule is O=S(Cc1ccc(-n2cccn2)cc1)C1CCCCC1. The Morgan fingerprint density at radius 3 is 2.55 bits per heavy atom. The molecule has 1 atom stereocenters. The molecule has 1 aliphatic rings. The van der Waals surface area contributed by atoms with Crippen LogP contribution in [0.5, 0.6) is 0 Å². The largest absolute Gasteiger partial charge is 0.259 e. The Morgan fingerprint density at radius 1 is 1.15 bits per heavy atom. The van der Waals surface area contributed by atoms with Gasteiger partial charge in [-0.15, -0.1) is 0 Å². The summed E-state index contributed by atoms with van der Waals surface area (Å²) < 4.78 is 14.2. The molecule has 1 saturated carbocycles. The Kier molecular flexibility index (Phi) is 4.31. The summed E-state index contributed by atoms with van der Waals surface area (Å²) in [6, 6.07) is 10.1. The fourth-order valence-electron chi connectivity index (χ4n) is 2.78. The van der Waals surface area contributed by atoms with Crippen molar-refractivity contribution in [1.82, 2.24) is 9.78 Å². The fourth-order valence-corrected chi connectivity index (χ4v) is 4.39. The molecule has 20 heavy (non-hydrogen) atoms. The molecule has 1 fully saturated rings. The predicted molar refractivity (Wildman–Crippen MR) is 82.3 cm³/mol. The fraction of sp³-hybridized carbons (Fsp3) is 0.438. The summed E-state index contributed by atoms with van der Waals surface area (Å²) in [7, 11) is -0.723. The van der Waals surface area contributed by atoms with Crippen molar-refractivity contribution >= 4 is 10.8 Å². The lowest BCUT2D eigenvalue weighted by Crippen LogP contribution is -2.19. The predicted octanol–water partition coefficient (Wildman–Crippen LogP) is 3.45. The molecule has 0 amide bonds. The van der Waals surface area contributed by atoms with E-state index in [-0.39, 0.29) is 0 Å². The highest BCUT2D eigenvalue weighted by Gasteiger charge is 2.19. The second-order valence-electron chi connectivity index (χ2n) is 5.40. The van der Waals surface area contributed by atoms with E-state index < -0.39 is 10.8 Å². The third-order valence-electron chi connectivity index (χ3n) is 3.94. The molecule has 1 aromatic heterocycles. The van der Waals surface area contributed by atoms with Crippen molar-refractivity contribution in [2.45, 2.75) is 43.1 Å². The first kappa shape index (κ1) is 13.6. The van der Waals surface area contributed by atoms with Crippen molar-refractivity contribution in [1.29, 1.82) is 0 Å². The topological polar surface area (TPSA) is 34.9 Å². The number of hydrogen-bond donors (Lipinski definition) is 0. The number of nitrogens with zero attached hydrogens (tertiary/aromatic N) is 2. The van der Waals surface area contributed by atoms with Crippen LogP contribution in [0.1, 0.15) is 37.7 Å². The molecule has 0 aliphatic heterocycles. The van der Waals surface area contributed by atoms with E-state index in [0.717, 1.165) is 24.1 Å². The quantitative estimate of drug-likeness (QED) is 0.863. The van der Waals surface area contributed by atoms with Crippen molar-refractivity contribution in [2.75, 3.05) is 0 Å². The van der Waals surface area contributed by atoms with Crippen molar-refractivity contribution < 1.29 is 4.21 Å². The van der Waals surface area contributed by atoms with Gasteiger partial charge in [0.25, 0.3) is 0 Å². The van der Waals surface area contributed by atoms with Crippen LogP contribution in [0.4, 0.5) is 0 Å². The van der Waals surface area contributed by atoms with Gasteiger partial charge in [0.15, 0.2) is 0 Å². The molecule has 2 aromatic rings. The van der Waals surface area contributed by atoms with Crippen molar-refractivity contribution in [3.8, 4) is 5.69 Å². The summed E-state index contributed by atoms with van der Waals surface area (Å²) in [4.78, 5) is 0. The molecule has 0 saturated heterocycles. The number of hydrogen-bond acceptors (Lipinski definition) is 2. The highest BCUT2D eigenvalue weighted by Crippen LogP contribution is 2.24. The van der Waals surface area contributed by atoms with E-state index in [9.17, 15) is 4.21 Å². The van der Waals surface area contributed by atoms with Gasteiger partial charge in [-0.3, -0.25) is 4.21 Å². The molecule has 1 unspecified atom stereocenters. The average molecular weight is 288 g/mol. The first-order chi connectivity index (χ1) is 9.83. The molecular formula is C16H20N2OS. The van der Waals surface area contributed by atoms with Crippen LogP contribution in [0.25, 0.3) is 5.69 Å². The molecule has 0 spiro atoms. The van der Waals surface area contributed by atoms with Gasteiger partial charge in [-0.05, 0) is 36.6 Å². The smallest absolute Gasteiger partial charge is 0.0645 e. The summed E-state index contributed by atoms with van der Waals surface area (Å²) in [5.41, 5.74) is 2.20. The standard InChI is InChI=1S/C16H20N2OS/c19-20(16-5-2-1-3-6-16)13-14-7-9-15(10-8-14)18-12-4-11-17-18/h4,7-12,16H,1-3,5-6,13H2.